The third kappa shape index (κ3) is 3.77. The smallest absolute Gasteiger partial charge is 0.233 e. The van der Waals surface area contributed by atoms with Crippen LogP contribution >= 0.6 is 12.6 Å². The third-order valence-electron chi connectivity index (χ3n) is 2.91. The highest BCUT2D eigenvalue weighted by Gasteiger charge is 2.20. The molecule has 1 aromatic carbocycles. The van der Waals surface area contributed by atoms with Crippen LogP contribution in [0.3, 0.4) is 0 Å². The van der Waals surface area contributed by atoms with Crippen LogP contribution in [-0.4, -0.2) is 11.2 Å². The van der Waals surface area contributed by atoms with Gasteiger partial charge in [-0.15, -0.1) is 0 Å². The predicted molar refractivity (Wildman–Crippen MR) is 75.3 cm³/mol. The van der Waals surface area contributed by atoms with Crippen molar-refractivity contribution in [3.63, 3.8) is 0 Å². The van der Waals surface area contributed by atoms with Gasteiger partial charge in [-0.05, 0) is 30.9 Å². The summed E-state index contributed by atoms with van der Waals surface area (Å²) < 4.78 is 0. The van der Waals surface area contributed by atoms with E-state index in [1.165, 1.54) is 5.56 Å². The average molecular weight is 251 g/mol. The van der Waals surface area contributed by atoms with Gasteiger partial charge in [0.15, 0.2) is 0 Å². The normalized spacial score (nSPS) is 14.5. The highest BCUT2D eigenvalue weighted by atomic mass is 32.1. The van der Waals surface area contributed by atoms with Crippen LogP contribution in [0, 0.1) is 12.8 Å². The molecule has 0 fully saturated rings. The lowest BCUT2D eigenvalue weighted by molar-refractivity contribution is -0.121. The first-order chi connectivity index (χ1) is 7.93. The number of carbonyl (C=O) groups is 1. The first kappa shape index (κ1) is 14.1. The molecule has 1 N–H and O–H groups in total. The summed E-state index contributed by atoms with van der Waals surface area (Å²) in [5.74, 6) is 0.237. The second-order valence-corrected chi connectivity index (χ2v) is 5.33. The first-order valence-electron chi connectivity index (χ1n) is 5.97. The van der Waals surface area contributed by atoms with Gasteiger partial charge in [-0.25, -0.2) is 0 Å². The Kier molecular flexibility index (Phi) is 5.06. The van der Waals surface area contributed by atoms with Gasteiger partial charge in [-0.1, -0.05) is 38.1 Å². The molecule has 0 aromatic heterocycles. The van der Waals surface area contributed by atoms with Crippen LogP contribution in [-0.2, 0) is 4.79 Å². The Bertz CT molecular complexity index is 390. The first-order valence-corrected chi connectivity index (χ1v) is 6.49. The Morgan fingerprint density at radius 3 is 2.35 bits per heavy atom. The van der Waals surface area contributed by atoms with Gasteiger partial charge < -0.3 is 5.32 Å². The molecule has 0 saturated carbocycles. The number of carbonyl (C=O) groups excluding carboxylic acids is 1. The maximum atomic E-state index is 11.9. The van der Waals surface area contributed by atoms with Crippen molar-refractivity contribution >= 4 is 18.5 Å². The number of thiol groups is 1. The van der Waals surface area contributed by atoms with E-state index in [0.29, 0.717) is 0 Å². The molecule has 0 radical (unpaired) electrons. The quantitative estimate of drug-likeness (QED) is 0.791. The van der Waals surface area contributed by atoms with Crippen LogP contribution in [0.25, 0.3) is 0 Å². The average Bonchev–Trinajstić information content (AvgIpc) is 2.28. The largest absolute Gasteiger partial charge is 0.349 e. The maximum absolute atomic E-state index is 11.9. The lowest BCUT2D eigenvalue weighted by atomic mass is 10.0. The van der Waals surface area contributed by atoms with E-state index in [9.17, 15) is 4.79 Å². The minimum atomic E-state index is -0.249. The summed E-state index contributed by atoms with van der Waals surface area (Å²) in [6.45, 7) is 8.05. The number of amides is 1. The monoisotopic (exact) mass is 251 g/mol. The molecular formula is C14H21NOS. The number of hydrogen-bond donors (Lipinski definition) is 2. The zero-order chi connectivity index (χ0) is 13.0. The molecule has 17 heavy (non-hydrogen) atoms. The van der Waals surface area contributed by atoms with Crippen molar-refractivity contribution in [2.45, 2.75) is 39.0 Å². The van der Waals surface area contributed by atoms with Crippen LogP contribution < -0.4 is 5.32 Å². The van der Waals surface area contributed by atoms with Gasteiger partial charge in [-0.2, -0.15) is 12.6 Å². The molecule has 94 valence electrons. The van der Waals surface area contributed by atoms with Crippen molar-refractivity contribution in [2.75, 3.05) is 0 Å². The number of aryl methyl sites for hydroxylation is 1. The van der Waals surface area contributed by atoms with Gasteiger partial charge in [0, 0.05) is 0 Å². The van der Waals surface area contributed by atoms with E-state index in [1.807, 2.05) is 39.0 Å². The van der Waals surface area contributed by atoms with Gasteiger partial charge in [0.05, 0.1) is 11.3 Å². The fourth-order valence-electron chi connectivity index (χ4n) is 1.75. The molecule has 0 heterocycles. The summed E-state index contributed by atoms with van der Waals surface area (Å²) in [4.78, 5) is 11.9. The van der Waals surface area contributed by atoms with Crippen LogP contribution in [0.2, 0.25) is 0 Å². The minimum absolute atomic E-state index is 0.000846. The predicted octanol–water partition coefficient (Wildman–Crippen LogP) is 3.13. The van der Waals surface area contributed by atoms with Crippen molar-refractivity contribution in [2.24, 2.45) is 5.92 Å². The molecule has 2 nitrogen and oxygen atoms in total. The van der Waals surface area contributed by atoms with E-state index in [1.54, 1.807) is 0 Å². The highest BCUT2D eigenvalue weighted by Crippen LogP contribution is 2.18. The topological polar surface area (TPSA) is 29.1 Å². The standard InChI is InChI=1S/C14H21NOS/c1-9(2)13(17)14(16)15-11(4)12-8-6-5-7-10(12)3/h5-9,11,13,17H,1-4H3,(H,15,16). The van der Waals surface area contributed by atoms with Gasteiger partial charge in [-0.3, -0.25) is 4.79 Å². The lowest BCUT2D eigenvalue weighted by Crippen LogP contribution is -2.36. The SMILES string of the molecule is Cc1ccccc1C(C)NC(=O)C(S)C(C)C. The second-order valence-electron chi connectivity index (χ2n) is 4.78. The molecule has 0 bridgehead atoms. The molecule has 0 spiro atoms. The fraction of sp³-hybridized carbons (Fsp3) is 0.500. The molecular weight excluding hydrogens is 230 g/mol. The third-order valence-corrected chi connectivity index (χ3v) is 3.74. The molecule has 0 aliphatic heterocycles. The van der Waals surface area contributed by atoms with Crippen molar-refractivity contribution in [3.05, 3.63) is 35.4 Å². The molecule has 0 aliphatic carbocycles. The zero-order valence-corrected chi connectivity index (χ0v) is 11.8. The molecule has 1 amide bonds. The van der Waals surface area contributed by atoms with Crippen LogP contribution in [0.1, 0.15) is 37.9 Å². The fourth-order valence-corrected chi connectivity index (χ4v) is 1.83. The molecule has 2 unspecified atom stereocenters. The Labute approximate surface area is 109 Å². The Morgan fingerprint density at radius 1 is 1.24 bits per heavy atom. The molecule has 2 atom stereocenters. The molecule has 1 aromatic rings. The van der Waals surface area contributed by atoms with Crippen LogP contribution in [0.5, 0.6) is 0 Å². The van der Waals surface area contributed by atoms with Gasteiger partial charge in [0.2, 0.25) is 5.91 Å². The number of rotatable bonds is 4. The van der Waals surface area contributed by atoms with Gasteiger partial charge >= 0.3 is 0 Å². The Morgan fingerprint density at radius 2 is 1.82 bits per heavy atom. The molecule has 0 aliphatic rings. The molecule has 3 heteroatoms. The number of benzene rings is 1. The van der Waals surface area contributed by atoms with Crippen LogP contribution in [0.4, 0.5) is 0 Å². The van der Waals surface area contributed by atoms with E-state index in [2.05, 4.69) is 30.9 Å². The van der Waals surface area contributed by atoms with E-state index in [0.717, 1.165) is 5.56 Å². The van der Waals surface area contributed by atoms with E-state index >= 15 is 0 Å². The highest BCUT2D eigenvalue weighted by molar-refractivity contribution is 7.81. The minimum Gasteiger partial charge on any atom is -0.349 e. The molecule has 1 rings (SSSR count). The van der Waals surface area contributed by atoms with Crippen molar-refractivity contribution in [3.8, 4) is 0 Å². The zero-order valence-electron chi connectivity index (χ0n) is 10.9. The van der Waals surface area contributed by atoms with Crippen LogP contribution in [0.15, 0.2) is 24.3 Å². The van der Waals surface area contributed by atoms with E-state index in [-0.39, 0.29) is 23.1 Å². The van der Waals surface area contributed by atoms with Crippen molar-refractivity contribution < 1.29 is 4.79 Å². The maximum Gasteiger partial charge on any atom is 0.233 e. The number of nitrogens with one attached hydrogen (secondary N) is 1. The second kappa shape index (κ2) is 6.10. The van der Waals surface area contributed by atoms with Crippen molar-refractivity contribution in [1.82, 2.24) is 5.32 Å². The number of hydrogen-bond acceptors (Lipinski definition) is 2. The van der Waals surface area contributed by atoms with Gasteiger partial charge in [0.25, 0.3) is 0 Å². The molecule has 0 saturated heterocycles. The van der Waals surface area contributed by atoms with Crippen molar-refractivity contribution in [1.29, 1.82) is 0 Å². The summed E-state index contributed by atoms with van der Waals surface area (Å²) in [6.07, 6.45) is 0. The van der Waals surface area contributed by atoms with E-state index < -0.39 is 0 Å². The summed E-state index contributed by atoms with van der Waals surface area (Å²) in [7, 11) is 0. The summed E-state index contributed by atoms with van der Waals surface area (Å²) in [5.41, 5.74) is 2.35. The van der Waals surface area contributed by atoms with Gasteiger partial charge in [0.1, 0.15) is 0 Å². The Balaban J connectivity index is 2.70. The Hall–Kier alpha value is -0.960. The summed E-state index contributed by atoms with van der Waals surface area (Å²) >= 11 is 4.32. The lowest BCUT2D eigenvalue weighted by Gasteiger charge is -2.20. The van der Waals surface area contributed by atoms with E-state index in [4.69, 9.17) is 0 Å². The summed E-state index contributed by atoms with van der Waals surface area (Å²) in [6, 6.07) is 8.12. The summed E-state index contributed by atoms with van der Waals surface area (Å²) in [5, 5.41) is 2.75.